The van der Waals surface area contributed by atoms with Crippen LogP contribution in [-0.4, -0.2) is 38.2 Å². The molecule has 26 heavy (non-hydrogen) atoms. The fourth-order valence-corrected chi connectivity index (χ4v) is 4.63. The number of anilines is 2. The minimum atomic E-state index is -1.04. The maximum absolute atomic E-state index is 13.0. The number of H-pyrrole nitrogens is 1. The van der Waals surface area contributed by atoms with Gasteiger partial charge in [0.25, 0.3) is 0 Å². The van der Waals surface area contributed by atoms with E-state index in [2.05, 4.69) is 20.5 Å². The van der Waals surface area contributed by atoms with Gasteiger partial charge in [0, 0.05) is 36.1 Å². The average Bonchev–Trinajstić information content (AvgIpc) is 3.00. The summed E-state index contributed by atoms with van der Waals surface area (Å²) in [5.41, 5.74) is 3.84. The fourth-order valence-electron chi connectivity index (χ4n) is 3.19. The molecule has 1 fully saturated rings. The highest BCUT2D eigenvalue weighted by molar-refractivity contribution is 7.92. The van der Waals surface area contributed by atoms with Crippen LogP contribution in [0.2, 0.25) is 0 Å². The normalized spacial score (nSPS) is 16.7. The lowest BCUT2D eigenvalue weighted by atomic mass is 10.2. The summed E-state index contributed by atoms with van der Waals surface area (Å²) in [6, 6.07) is 7.79. The lowest BCUT2D eigenvalue weighted by molar-refractivity contribution is 0.0983. The van der Waals surface area contributed by atoms with Crippen molar-refractivity contribution in [3.63, 3.8) is 0 Å². The van der Waals surface area contributed by atoms with E-state index in [-0.39, 0.29) is 5.25 Å². The standard InChI is InChI=1S/C19H22N4O2S/c1-12-13(2)22-23-19(12)21-18-5-8-20-17-4-3-15(11-16(17)18)26(24)14-6-9-25-10-7-14/h3-5,8,11,14H,6-7,9-10H2,1-2H3,(H2,20,21,22,23)/t26-/m1/s1. The monoisotopic (exact) mass is 370 g/mol. The molecule has 1 aliphatic heterocycles. The summed E-state index contributed by atoms with van der Waals surface area (Å²) < 4.78 is 18.4. The molecule has 1 aromatic carbocycles. The number of aromatic nitrogens is 3. The van der Waals surface area contributed by atoms with E-state index >= 15 is 0 Å². The molecule has 2 N–H and O–H groups in total. The highest BCUT2D eigenvalue weighted by Gasteiger charge is 2.27. The molecule has 0 amide bonds. The smallest absolute Gasteiger partial charge is 0.153 e. The fraction of sp³-hybridized carbons (Fsp3) is 0.368. The van der Waals surface area contributed by atoms with Gasteiger partial charge in [-0.15, -0.1) is 0 Å². The second kappa shape index (κ2) is 7.26. The van der Waals surface area contributed by atoms with Gasteiger partial charge in [-0.25, -0.2) is 0 Å². The lowest BCUT2D eigenvalue weighted by Crippen LogP contribution is -2.28. The largest absolute Gasteiger partial charge is 0.611 e. The van der Waals surface area contributed by atoms with Crippen LogP contribution < -0.4 is 5.32 Å². The SMILES string of the molecule is Cc1n[nH]c(Nc2ccnc3ccc([S@+]([O-])C4CCOCC4)cc23)c1C. The average molecular weight is 370 g/mol. The molecule has 3 aromatic rings. The van der Waals surface area contributed by atoms with Crippen molar-refractivity contribution >= 4 is 33.6 Å². The van der Waals surface area contributed by atoms with Gasteiger partial charge in [0.05, 0.1) is 30.1 Å². The molecule has 136 valence electrons. The number of aryl methyl sites for hydroxylation is 1. The zero-order valence-electron chi connectivity index (χ0n) is 14.9. The van der Waals surface area contributed by atoms with Crippen molar-refractivity contribution in [1.29, 1.82) is 0 Å². The van der Waals surface area contributed by atoms with Crippen LogP contribution >= 0.6 is 0 Å². The second-order valence-corrected chi connectivity index (χ2v) is 8.31. The number of fused-ring (bicyclic) bond motifs is 1. The second-order valence-electron chi connectivity index (χ2n) is 6.58. The van der Waals surface area contributed by atoms with E-state index in [1.54, 1.807) is 6.20 Å². The first-order chi connectivity index (χ1) is 12.6. The van der Waals surface area contributed by atoms with E-state index in [0.717, 1.165) is 51.4 Å². The number of rotatable bonds is 4. The summed E-state index contributed by atoms with van der Waals surface area (Å²) >= 11 is -1.04. The van der Waals surface area contributed by atoms with Crippen LogP contribution in [0.5, 0.6) is 0 Å². The minimum absolute atomic E-state index is 0.159. The Balaban J connectivity index is 1.68. The Kier molecular flexibility index (Phi) is 4.84. The first kappa shape index (κ1) is 17.3. The molecule has 3 heterocycles. The third-order valence-electron chi connectivity index (χ3n) is 4.93. The van der Waals surface area contributed by atoms with E-state index in [4.69, 9.17) is 4.74 Å². The molecule has 0 aliphatic carbocycles. The maximum atomic E-state index is 13.0. The first-order valence-corrected chi connectivity index (χ1v) is 10.0. The Morgan fingerprint density at radius 3 is 2.77 bits per heavy atom. The molecular weight excluding hydrogens is 348 g/mol. The van der Waals surface area contributed by atoms with Crippen LogP contribution in [0.15, 0.2) is 35.4 Å². The highest BCUT2D eigenvalue weighted by atomic mass is 32.2. The number of ether oxygens (including phenoxy) is 1. The molecule has 1 aliphatic rings. The molecule has 0 saturated carbocycles. The Hall–Kier alpha value is -2.09. The summed E-state index contributed by atoms with van der Waals surface area (Å²) in [5.74, 6) is 0.867. The van der Waals surface area contributed by atoms with E-state index < -0.39 is 11.2 Å². The molecule has 7 heteroatoms. The lowest BCUT2D eigenvalue weighted by Gasteiger charge is -2.25. The summed E-state index contributed by atoms with van der Waals surface area (Å²) in [6.07, 6.45) is 3.46. The molecule has 1 saturated heterocycles. The van der Waals surface area contributed by atoms with Crippen molar-refractivity contribution in [1.82, 2.24) is 15.2 Å². The predicted octanol–water partition coefficient (Wildman–Crippen LogP) is 3.60. The van der Waals surface area contributed by atoms with Gasteiger partial charge in [-0.3, -0.25) is 10.1 Å². The van der Waals surface area contributed by atoms with E-state index in [1.165, 1.54) is 0 Å². The van der Waals surface area contributed by atoms with Crippen LogP contribution in [0.4, 0.5) is 11.5 Å². The van der Waals surface area contributed by atoms with E-state index in [0.29, 0.717) is 13.2 Å². The van der Waals surface area contributed by atoms with Crippen molar-refractivity contribution in [3.8, 4) is 0 Å². The van der Waals surface area contributed by atoms with Crippen molar-refractivity contribution in [2.45, 2.75) is 36.8 Å². The van der Waals surface area contributed by atoms with E-state index in [1.807, 2.05) is 38.1 Å². The molecule has 1 atom stereocenters. The molecule has 4 rings (SSSR count). The number of nitrogens with zero attached hydrogens (tertiary/aromatic N) is 2. The third-order valence-corrected chi connectivity index (χ3v) is 6.72. The van der Waals surface area contributed by atoms with Gasteiger partial charge in [-0.1, -0.05) is 0 Å². The molecular formula is C19H22N4O2S. The highest BCUT2D eigenvalue weighted by Crippen LogP contribution is 2.31. The van der Waals surface area contributed by atoms with Crippen LogP contribution in [0, 0.1) is 13.8 Å². The van der Waals surface area contributed by atoms with Crippen molar-refractivity contribution in [2.24, 2.45) is 0 Å². The number of aromatic amines is 1. The topological polar surface area (TPSA) is 85.9 Å². The Labute approximate surface area is 155 Å². The van der Waals surface area contributed by atoms with Crippen molar-refractivity contribution < 1.29 is 9.29 Å². The zero-order valence-corrected chi connectivity index (χ0v) is 15.7. The summed E-state index contributed by atoms with van der Waals surface area (Å²) in [7, 11) is 0. The first-order valence-electron chi connectivity index (χ1n) is 8.79. The van der Waals surface area contributed by atoms with Crippen LogP contribution in [0.25, 0.3) is 10.9 Å². The predicted molar refractivity (Wildman–Crippen MR) is 103 cm³/mol. The summed E-state index contributed by atoms with van der Waals surface area (Å²) in [4.78, 5) is 5.28. The van der Waals surface area contributed by atoms with Gasteiger partial charge < -0.3 is 14.6 Å². The number of hydrogen-bond acceptors (Lipinski definition) is 5. The Bertz CT molecular complexity index is 921. The Morgan fingerprint density at radius 2 is 2.04 bits per heavy atom. The molecule has 0 spiro atoms. The molecule has 2 aromatic heterocycles. The van der Waals surface area contributed by atoms with Gasteiger partial charge in [0.1, 0.15) is 11.1 Å². The quantitative estimate of drug-likeness (QED) is 0.685. The summed E-state index contributed by atoms with van der Waals surface area (Å²) in [6.45, 7) is 5.38. The van der Waals surface area contributed by atoms with Gasteiger partial charge in [0.2, 0.25) is 0 Å². The summed E-state index contributed by atoms with van der Waals surface area (Å²) in [5, 5.41) is 11.8. The van der Waals surface area contributed by atoms with Gasteiger partial charge >= 0.3 is 0 Å². The number of pyridine rings is 1. The maximum Gasteiger partial charge on any atom is 0.153 e. The number of hydrogen-bond donors (Lipinski definition) is 2. The van der Waals surface area contributed by atoms with Crippen LogP contribution in [-0.2, 0) is 15.9 Å². The number of nitrogens with one attached hydrogen (secondary N) is 2. The van der Waals surface area contributed by atoms with E-state index in [9.17, 15) is 4.55 Å². The number of benzene rings is 1. The van der Waals surface area contributed by atoms with Crippen LogP contribution in [0.3, 0.4) is 0 Å². The molecule has 0 radical (unpaired) electrons. The Morgan fingerprint density at radius 1 is 1.23 bits per heavy atom. The van der Waals surface area contributed by atoms with Gasteiger partial charge in [-0.2, -0.15) is 5.10 Å². The van der Waals surface area contributed by atoms with Crippen LogP contribution in [0.1, 0.15) is 24.1 Å². The third kappa shape index (κ3) is 3.30. The van der Waals surface area contributed by atoms with Gasteiger partial charge in [0.15, 0.2) is 4.90 Å². The zero-order chi connectivity index (χ0) is 18.1. The minimum Gasteiger partial charge on any atom is -0.611 e. The van der Waals surface area contributed by atoms with Gasteiger partial charge in [-0.05, 0) is 43.2 Å². The molecule has 0 unspecified atom stereocenters. The van der Waals surface area contributed by atoms with Crippen molar-refractivity contribution in [3.05, 3.63) is 41.7 Å². The molecule has 0 bridgehead atoms. The molecule has 6 nitrogen and oxygen atoms in total. The van der Waals surface area contributed by atoms with Crippen molar-refractivity contribution in [2.75, 3.05) is 18.5 Å².